The predicted octanol–water partition coefficient (Wildman–Crippen LogP) is 2.89. The molecular weight excluding hydrogens is 540 g/mol. The van der Waals surface area contributed by atoms with Crippen molar-refractivity contribution in [2.24, 2.45) is 11.8 Å². The molecule has 13 heteroatoms. The van der Waals surface area contributed by atoms with Gasteiger partial charge in [0.05, 0.1) is 24.1 Å². The van der Waals surface area contributed by atoms with Crippen LogP contribution in [0.15, 0.2) is 24.3 Å². The maximum Gasteiger partial charge on any atom is 0.475 e. The molecule has 0 spiro atoms. The van der Waals surface area contributed by atoms with Crippen LogP contribution in [0.1, 0.15) is 58.4 Å². The Hall–Kier alpha value is -2.82. The summed E-state index contributed by atoms with van der Waals surface area (Å²) in [6, 6.07) is 7.43. The average molecular weight is 578 g/mol. The van der Waals surface area contributed by atoms with Crippen molar-refractivity contribution < 1.29 is 37.5 Å². The molecule has 3 saturated heterocycles. The Morgan fingerprint density at radius 2 is 1.85 bits per heavy atom. The predicted molar refractivity (Wildman–Crippen MR) is 144 cm³/mol. The average Bonchev–Trinajstić information content (AvgIpc) is 3.59. The van der Waals surface area contributed by atoms with Crippen molar-refractivity contribution in [2.75, 3.05) is 19.7 Å². The number of fused-ring (bicyclic) bond motifs is 2. The Bertz CT molecular complexity index is 1150. The fourth-order valence-electron chi connectivity index (χ4n) is 6.61. The number of benzene rings is 1. The van der Waals surface area contributed by atoms with Crippen LogP contribution in [0.4, 0.5) is 18.0 Å². The topological polar surface area (TPSA) is 126 Å². The molecule has 3 atom stereocenters. The Morgan fingerprint density at radius 3 is 2.39 bits per heavy atom. The molecule has 0 aliphatic carbocycles. The highest BCUT2D eigenvalue weighted by atomic mass is 19.3. The first-order valence-electron chi connectivity index (χ1n) is 14.1. The number of likely N-dealkylation sites (tertiary alicyclic amines) is 1. The molecule has 0 aromatic heterocycles. The summed E-state index contributed by atoms with van der Waals surface area (Å²) in [5.41, 5.74) is -1.06. The summed E-state index contributed by atoms with van der Waals surface area (Å²) in [5, 5.41) is 32.1. The van der Waals surface area contributed by atoms with Crippen LogP contribution in [0.5, 0.6) is 0 Å². The number of hydrogen-bond acceptors (Lipinski definition) is 7. The van der Waals surface area contributed by atoms with Gasteiger partial charge in [-0.05, 0) is 69.6 Å². The van der Waals surface area contributed by atoms with Crippen molar-refractivity contribution >= 4 is 19.1 Å². The third-order valence-electron chi connectivity index (χ3n) is 9.51. The number of nitrogens with one attached hydrogen (secondary N) is 1. The van der Waals surface area contributed by atoms with E-state index in [0.29, 0.717) is 31.2 Å². The number of amides is 2. The first-order chi connectivity index (χ1) is 19.2. The summed E-state index contributed by atoms with van der Waals surface area (Å²) in [6.07, 6.45) is 1.39. The van der Waals surface area contributed by atoms with Gasteiger partial charge in [0.1, 0.15) is 18.3 Å². The van der Waals surface area contributed by atoms with E-state index in [2.05, 4.69) is 11.4 Å². The zero-order valence-corrected chi connectivity index (χ0v) is 23.7. The number of nitrogens with zero attached hydrogens (tertiary/aromatic N) is 3. The van der Waals surface area contributed by atoms with Gasteiger partial charge < -0.3 is 25.0 Å². The van der Waals surface area contributed by atoms with E-state index in [1.807, 2.05) is 0 Å². The molecule has 3 aliphatic rings. The van der Waals surface area contributed by atoms with E-state index >= 15 is 0 Å². The Labute approximate surface area is 238 Å². The molecule has 2 bridgehead atoms. The van der Waals surface area contributed by atoms with E-state index in [9.17, 15) is 38.1 Å². The van der Waals surface area contributed by atoms with Crippen LogP contribution in [-0.4, -0.2) is 87.6 Å². The number of nitriles is 1. The van der Waals surface area contributed by atoms with Crippen LogP contribution in [0.2, 0.25) is 0 Å². The smallest absolute Gasteiger partial charge is 0.447 e. The van der Waals surface area contributed by atoms with Crippen LogP contribution < -0.4 is 5.32 Å². The summed E-state index contributed by atoms with van der Waals surface area (Å²) >= 11 is 0. The first kappa shape index (κ1) is 31.1. The lowest BCUT2D eigenvalue weighted by atomic mass is 9.76. The maximum atomic E-state index is 14.0. The minimum atomic E-state index is -2.80. The van der Waals surface area contributed by atoms with Crippen molar-refractivity contribution in [1.29, 1.82) is 5.26 Å². The number of hydrogen-bond donors (Lipinski definition) is 3. The molecule has 0 radical (unpaired) electrons. The van der Waals surface area contributed by atoms with Crippen molar-refractivity contribution in [2.45, 2.75) is 88.3 Å². The second kappa shape index (κ2) is 11.8. The third kappa shape index (κ3) is 6.50. The summed E-state index contributed by atoms with van der Waals surface area (Å²) in [7, 11) is -1.90. The largest absolute Gasteiger partial charge is 0.475 e. The Morgan fingerprint density at radius 1 is 1.22 bits per heavy atom. The number of carbonyl (C=O) groups is 2. The number of halogens is 3. The third-order valence-corrected chi connectivity index (χ3v) is 9.51. The second-order valence-corrected chi connectivity index (χ2v) is 12.3. The van der Waals surface area contributed by atoms with Gasteiger partial charge in [-0.15, -0.1) is 0 Å². The lowest BCUT2D eigenvalue weighted by molar-refractivity contribution is -0.142. The zero-order chi connectivity index (χ0) is 30.2. The van der Waals surface area contributed by atoms with Crippen LogP contribution in [0.25, 0.3) is 0 Å². The standard InChI is InChI=1S/C28H38BF3N4O5/c1-18(26(2,3)35-13-12-28(31,32)16-35)22(15-33)24(37)36-21-8-10-27(36,11-9-21)17-41-25(38)34-23(29(39)40)14-19-4-6-20(30)7-5-19/h4-7,18,21-23,39-40H,8-14,16-17H2,1-3H3,(H,34,38)/t18?,21?,22?,23-,27?/m0/s1. The Kier molecular flexibility index (Phi) is 8.97. The number of ether oxygens (including phenoxy) is 1. The molecule has 2 unspecified atom stereocenters. The van der Waals surface area contributed by atoms with E-state index in [1.54, 1.807) is 30.6 Å². The molecule has 4 rings (SSSR count). The van der Waals surface area contributed by atoms with E-state index < -0.39 is 60.4 Å². The molecule has 41 heavy (non-hydrogen) atoms. The zero-order valence-electron chi connectivity index (χ0n) is 23.7. The van der Waals surface area contributed by atoms with Gasteiger partial charge in [0.15, 0.2) is 0 Å². The Balaban J connectivity index is 1.42. The first-order valence-corrected chi connectivity index (χ1v) is 14.1. The number of alkyl halides is 2. The molecule has 3 aliphatic heterocycles. The highest BCUT2D eigenvalue weighted by Gasteiger charge is 2.57. The SMILES string of the molecule is CC(C(C#N)C(=O)N1C2CCC1(COC(=O)N[C@@H](Cc1ccc(F)cc1)B(O)O)CC2)C(C)(C)N1CCC(F)(F)C1. The molecule has 3 heterocycles. The van der Waals surface area contributed by atoms with Crippen molar-refractivity contribution in [3.05, 3.63) is 35.6 Å². The minimum absolute atomic E-state index is 0.0192. The monoisotopic (exact) mass is 578 g/mol. The molecule has 9 nitrogen and oxygen atoms in total. The van der Waals surface area contributed by atoms with E-state index in [0.717, 1.165) is 0 Å². The van der Waals surface area contributed by atoms with Gasteiger partial charge in [0, 0.05) is 24.5 Å². The summed E-state index contributed by atoms with van der Waals surface area (Å²) in [5.74, 6) is -6.37. The van der Waals surface area contributed by atoms with E-state index in [-0.39, 0.29) is 37.9 Å². The quantitative estimate of drug-likeness (QED) is 0.365. The molecule has 1 aromatic carbocycles. The minimum Gasteiger partial charge on any atom is -0.447 e. The summed E-state index contributed by atoms with van der Waals surface area (Å²) < 4.78 is 46.6. The van der Waals surface area contributed by atoms with Crippen molar-refractivity contribution in [3.63, 3.8) is 0 Å². The lowest BCUT2D eigenvalue weighted by Gasteiger charge is -2.43. The fraction of sp³-hybridized carbons (Fsp3) is 0.679. The van der Waals surface area contributed by atoms with Gasteiger partial charge in [0.2, 0.25) is 5.91 Å². The van der Waals surface area contributed by atoms with Gasteiger partial charge in [-0.3, -0.25) is 9.69 Å². The van der Waals surface area contributed by atoms with Crippen LogP contribution in [0.3, 0.4) is 0 Å². The molecule has 3 fully saturated rings. The molecule has 224 valence electrons. The van der Waals surface area contributed by atoms with E-state index in [1.165, 1.54) is 24.3 Å². The second-order valence-electron chi connectivity index (χ2n) is 12.3. The maximum absolute atomic E-state index is 14.0. The van der Waals surface area contributed by atoms with Gasteiger partial charge in [0.25, 0.3) is 5.92 Å². The van der Waals surface area contributed by atoms with Crippen LogP contribution >= 0.6 is 0 Å². The van der Waals surface area contributed by atoms with Crippen LogP contribution in [-0.2, 0) is 16.0 Å². The number of alkyl carbamates (subject to hydrolysis) is 1. The summed E-state index contributed by atoms with van der Waals surface area (Å²) in [6.45, 7) is 4.95. The highest BCUT2D eigenvalue weighted by Crippen LogP contribution is 2.48. The van der Waals surface area contributed by atoms with Gasteiger partial charge in [-0.25, -0.2) is 18.0 Å². The molecule has 0 saturated carbocycles. The van der Waals surface area contributed by atoms with E-state index in [4.69, 9.17) is 4.74 Å². The lowest BCUT2D eigenvalue weighted by Crippen LogP contribution is -2.56. The van der Waals surface area contributed by atoms with Crippen LogP contribution in [0, 0.1) is 29.0 Å². The highest BCUT2D eigenvalue weighted by molar-refractivity contribution is 6.43. The van der Waals surface area contributed by atoms with Crippen molar-refractivity contribution in [3.8, 4) is 6.07 Å². The number of carbonyl (C=O) groups excluding carboxylic acids is 2. The number of rotatable bonds is 10. The summed E-state index contributed by atoms with van der Waals surface area (Å²) in [4.78, 5) is 29.9. The van der Waals surface area contributed by atoms with Gasteiger partial charge in [-0.2, -0.15) is 5.26 Å². The molecule has 1 aromatic rings. The van der Waals surface area contributed by atoms with Gasteiger partial charge in [-0.1, -0.05) is 19.1 Å². The molecular formula is C28H38BF3N4O5. The fourth-order valence-corrected chi connectivity index (χ4v) is 6.61. The molecule has 3 N–H and O–H groups in total. The van der Waals surface area contributed by atoms with Gasteiger partial charge >= 0.3 is 13.2 Å². The molecule has 2 amide bonds. The normalized spacial score (nSPS) is 25.8. The van der Waals surface area contributed by atoms with Crippen molar-refractivity contribution in [1.82, 2.24) is 15.1 Å².